The number of carbonyl (C=O) groups excluding carboxylic acids is 1. The van der Waals surface area contributed by atoms with Gasteiger partial charge in [-0.05, 0) is 47.5 Å². The molecule has 1 aromatic rings. The fraction of sp³-hybridized carbons (Fsp3) is 0.737. The number of ether oxygens (including phenoxy) is 1. The van der Waals surface area contributed by atoms with E-state index in [2.05, 4.69) is 27.6 Å². The van der Waals surface area contributed by atoms with Crippen LogP contribution in [0.15, 0.2) is 4.99 Å². The van der Waals surface area contributed by atoms with Crippen LogP contribution >= 0.6 is 0 Å². The summed E-state index contributed by atoms with van der Waals surface area (Å²) in [4.78, 5) is 18.5. The van der Waals surface area contributed by atoms with Gasteiger partial charge in [0.2, 0.25) is 0 Å². The first kappa shape index (κ1) is 21.1. The third kappa shape index (κ3) is 6.15. The number of nitrogens with one attached hydrogen (secondary N) is 2. The number of aryl methyl sites for hydroxylation is 2. The van der Waals surface area contributed by atoms with Gasteiger partial charge in [-0.25, -0.2) is 4.79 Å². The Kier molecular flexibility index (Phi) is 6.73. The summed E-state index contributed by atoms with van der Waals surface area (Å²) in [5.41, 5.74) is 2.85. The van der Waals surface area contributed by atoms with Gasteiger partial charge in [-0.1, -0.05) is 0 Å². The summed E-state index contributed by atoms with van der Waals surface area (Å²) in [5, 5.41) is 11.0. The maximum Gasteiger partial charge on any atom is 0.410 e. The first-order valence-corrected chi connectivity index (χ1v) is 9.55. The van der Waals surface area contributed by atoms with Crippen molar-refractivity contribution in [2.45, 2.75) is 65.6 Å². The van der Waals surface area contributed by atoms with Gasteiger partial charge in [0, 0.05) is 51.0 Å². The lowest BCUT2D eigenvalue weighted by molar-refractivity contribution is 0.0238. The highest BCUT2D eigenvalue weighted by atomic mass is 16.6. The van der Waals surface area contributed by atoms with E-state index >= 15 is 0 Å². The molecule has 0 atom stereocenters. The first-order valence-electron chi connectivity index (χ1n) is 9.55. The summed E-state index contributed by atoms with van der Waals surface area (Å²) in [6.07, 6.45) is 1.86. The molecular weight excluding hydrogens is 344 g/mol. The molecule has 0 radical (unpaired) electrons. The molecule has 152 valence electrons. The fourth-order valence-corrected chi connectivity index (χ4v) is 2.89. The average Bonchev–Trinajstić information content (AvgIpc) is 3.35. The minimum atomic E-state index is -0.477. The maximum absolute atomic E-state index is 12.4. The Bertz CT molecular complexity index is 685. The number of hydrogen-bond donors (Lipinski definition) is 2. The van der Waals surface area contributed by atoms with E-state index in [9.17, 15) is 4.79 Å². The van der Waals surface area contributed by atoms with Gasteiger partial charge in [-0.3, -0.25) is 9.67 Å². The molecule has 1 amide bonds. The lowest BCUT2D eigenvalue weighted by Gasteiger charge is -2.27. The van der Waals surface area contributed by atoms with Crippen molar-refractivity contribution >= 4 is 12.1 Å². The molecule has 8 heteroatoms. The predicted octanol–water partition coefficient (Wildman–Crippen LogP) is 2.10. The minimum absolute atomic E-state index is 0.239. The van der Waals surface area contributed by atoms with Crippen LogP contribution in [0.4, 0.5) is 4.79 Å². The second-order valence-electron chi connectivity index (χ2n) is 8.03. The Labute approximate surface area is 162 Å². The highest BCUT2D eigenvalue weighted by molar-refractivity contribution is 5.79. The molecule has 1 heterocycles. The quantitative estimate of drug-likeness (QED) is 0.585. The van der Waals surface area contributed by atoms with Crippen LogP contribution in [0.2, 0.25) is 0 Å². The van der Waals surface area contributed by atoms with Gasteiger partial charge in [0.25, 0.3) is 0 Å². The van der Waals surface area contributed by atoms with Crippen LogP contribution in [-0.4, -0.2) is 58.5 Å². The third-order valence-electron chi connectivity index (χ3n) is 4.58. The molecule has 27 heavy (non-hydrogen) atoms. The summed E-state index contributed by atoms with van der Waals surface area (Å²) in [7, 11) is 3.69. The van der Waals surface area contributed by atoms with Gasteiger partial charge >= 0.3 is 6.09 Å². The number of nitrogens with zero attached hydrogens (tertiary/aromatic N) is 4. The molecule has 1 saturated carbocycles. The van der Waals surface area contributed by atoms with Gasteiger partial charge in [0.15, 0.2) is 5.96 Å². The Hall–Kier alpha value is -2.25. The van der Waals surface area contributed by atoms with Gasteiger partial charge in [-0.2, -0.15) is 5.10 Å². The number of aliphatic imine (C=N–C) groups is 1. The van der Waals surface area contributed by atoms with Crippen molar-refractivity contribution in [2.75, 3.05) is 20.1 Å². The molecule has 1 aliphatic rings. The molecule has 2 N–H and O–H groups in total. The number of aromatic nitrogens is 2. The summed E-state index contributed by atoms with van der Waals surface area (Å²) in [5.74, 6) is 0.706. The third-order valence-corrected chi connectivity index (χ3v) is 4.58. The molecule has 0 bridgehead atoms. The van der Waals surface area contributed by atoms with Crippen LogP contribution < -0.4 is 10.6 Å². The average molecular weight is 379 g/mol. The molecule has 0 spiro atoms. The van der Waals surface area contributed by atoms with E-state index in [4.69, 9.17) is 4.74 Å². The fourth-order valence-electron chi connectivity index (χ4n) is 2.89. The molecule has 1 aliphatic carbocycles. The van der Waals surface area contributed by atoms with Crippen LogP contribution in [0.25, 0.3) is 0 Å². The van der Waals surface area contributed by atoms with Crippen molar-refractivity contribution in [3.63, 3.8) is 0 Å². The molecule has 0 aliphatic heterocycles. The van der Waals surface area contributed by atoms with Crippen molar-refractivity contribution in [3.05, 3.63) is 17.0 Å². The minimum Gasteiger partial charge on any atom is -0.444 e. The highest BCUT2D eigenvalue weighted by Gasteiger charge is 2.34. The van der Waals surface area contributed by atoms with Crippen LogP contribution in [0.5, 0.6) is 0 Å². The van der Waals surface area contributed by atoms with Gasteiger partial charge < -0.3 is 20.3 Å². The van der Waals surface area contributed by atoms with E-state index in [0.717, 1.165) is 24.2 Å². The number of rotatable bonds is 6. The second kappa shape index (κ2) is 8.63. The second-order valence-corrected chi connectivity index (χ2v) is 8.03. The maximum atomic E-state index is 12.4. The normalized spacial score (nSPS) is 14.9. The van der Waals surface area contributed by atoms with Crippen molar-refractivity contribution < 1.29 is 9.53 Å². The number of carbonyl (C=O) groups is 1. The van der Waals surface area contributed by atoms with E-state index in [1.807, 2.05) is 44.3 Å². The lowest BCUT2D eigenvalue weighted by Crippen LogP contribution is -2.45. The zero-order chi connectivity index (χ0) is 20.2. The first-order chi connectivity index (χ1) is 12.6. The summed E-state index contributed by atoms with van der Waals surface area (Å²) in [6, 6.07) is 0.303. The zero-order valence-electron chi connectivity index (χ0n) is 17.7. The van der Waals surface area contributed by atoms with E-state index in [-0.39, 0.29) is 6.09 Å². The van der Waals surface area contributed by atoms with Crippen molar-refractivity contribution in [3.8, 4) is 0 Å². The van der Waals surface area contributed by atoms with Crippen molar-refractivity contribution in [1.82, 2.24) is 25.3 Å². The molecule has 2 rings (SSSR count). The molecule has 0 unspecified atom stereocenters. The Morgan fingerprint density at radius 1 is 1.33 bits per heavy atom. The summed E-state index contributed by atoms with van der Waals surface area (Å²) >= 11 is 0. The van der Waals surface area contributed by atoms with Crippen LogP contribution in [-0.2, 0) is 18.3 Å². The SMILES string of the molecule is CN=C(NCCN(C(=O)OC(C)(C)C)C1CC1)NCc1c(C)nn(C)c1C. The smallest absolute Gasteiger partial charge is 0.410 e. The van der Waals surface area contributed by atoms with Gasteiger partial charge in [0.05, 0.1) is 5.69 Å². The molecule has 0 aromatic carbocycles. The monoisotopic (exact) mass is 378 g/mol. The van der Waals surface area contributed by atoms with Gasteiger partial charge in [-0.15, -0.1) is 0 Å². The molecule has 8 nitrogen and oxygen atoms in total. The summed E-state index contributed by atoms with van der Waals surface area (Å²) < 4.78 is 7.41. The molecule has 0 saturated heterocycles. The molecular formula is C19H34N6O2. The molecule has 1 fully saturated rings. The van der Waals surface area contributed by atoms with E-state index in [1.165, 1.54) is 5.56 Å². The van der Waals surface area contributed by atoms with E-state index in [0.29, 0.717) is 31.6 Å². The Morgan fingerprint density at radius 2 is 2.00 bits per heavy atom. The topological polar surface area (TPSA) is 83.8 Å². The Balaban J connectivity index is 1.83. The standard InChI is InChI=1S/C19H34N6O2/c1-13-16(14(2)24(7)23-13)12-22-17(20-6)21-10-11-25(15-8-9-15)18(26)27-19(3,4)5/h15H,8-12H2,1-7H3,(H2,20,21,22). The van der Waals surface area contributed by atoms with Crippen molar-refractivity contribution in [1.29, 1.82) is 0 Å². The molecule has 1 aromatic heterocycles. The lowest BCUT2D eigenvalue weighted by atomic mass is 10.2. The predicted molar refractivity (Wildman–Crippen MR) is 107 cm³/mol. The van der Waals surface area contributed by atoms with Crippen LogP contribution in [0.3, 0.4) is 0 Å². The number of amides is 1. The summed E-state index contributed by atoms with van der Waals surface area (Å²) in [6.45, 7) is 11.6. The van der Waals surface area contributed by atoms with Crippen LogP contribution in [0.1, 0.15) is 50.6 Å². The number of guanidine groups is 1. The van der Waals surface area contributed by atoms with Gasteiger partial charge in [0.1, 0.15) is 5.60 Å². The Morgan fingerprint density at radius 3 is 2.48 bits per heavy atom. The number of hydrogen-bond acceptors (Lipinski definition) is 4. The van der Waals surface area contributed by atoms with Crippen LogP contribution in [0, 0.1) is 13.8 Å². The van der Waals surface area contributed by atoms with Crippen molar-refractivity contribution in [2.24, 2.45) is 12.0 Å². The van der Waals surface area contributed by atoms with E-state index in [1.54, 1.807) is 7.05 Å². The largest absolute Gasteiger partial charge is 0.444 e. The zero-order valence-corrected chi connectivity index (χ0v) is 17.7. The van der Waals surface area contributed by atoms with E-state index < -0.39 is 5.60 Å². The highest BCUT2D eigenvalue weighted by Crippen LogP contribution is 2.28.